The molecule has 6 nitrogen and oxygen atoms in total. The maximum absolute atomic E-state index is 13.4. The smallest absolute Gasteiger partial charge is 0.347 e. The fraction of sp³-hybridized carbons (Fsp3) is 0.214. The number of carbonyl (C=O) groups excluding carboxylic acids is 1. The Labute approximate surface area is 120 Å². The van der Waals surface area contributed by atoms with Gasteiger partial charge < -0.3 is 11.1 Å². The Morgan fingerprint density at radius 1 is 1.43 bits per heavy atom. The van der Waals surface area contributed by atoms with Crippen molar-refractivity contribution >= 4 is 17.3 Å². The highest BCUT2D eigenvalue weighted by atomic mass is 19.1. The van der Waals surface area contributed by atoms with Gasteiger partial charge in [-0.3, -0.25) is 9.36 Å². The van der Waals surface area contributed by atoms with Crippen LogP contribution in [-0.4, -0.2) is 15.5 Å². The molecule has 0 unspecified atom stereocenters. The lowest BCUT2D eigenvalue weighted by Crippen LogP contribution is -2.22. The Morgan fingerprint density at radius 2 is 2.24 bits per heavy atom. The zero-order valence-electron chi connectivity index (χ0n) is 11.3. The standard InChI is InChI=1S/C14H15FN4O2/c15-11-5-4-10(16)9-12(11)18-13(20)3-1-7-19-8-2-6-17-14(19)21/h2,4-6,8-9H,1,3,7,16H2,(H,18,20). The second-order valence-corrected chi connectivity index (χ2v) is 4.49. The Hall–Kier alpha value is -2.70. The van der Waals surface area contributed by atoms with Crippen LogP contribution in [0.4, 0.5) is 15.8 Å². The van der Waals surface area contributed by atoms with Gasteiger partial charge in [0.25, 0.3) is 0 Å². The normalized spacial score (nSPS) is 10.3. The van der Waals surface area contributed by atoms with Gasteiger partial charge in [0.05, 0.1) is 5.69 Å². The summed E-state index contributed by atoms with van der Waals surface area (Å²) in [5.41, 5.74) is 5.60. The number of aromatic nitrogens is 2. The predicted molar refractivity (Wildman–Crippen MR) is 77.2 cm³/mol. The topological polar surface area (TPSA) is 90.0 Å². The molecule has 7 heteroatoms. The Morgan fingerprint density at radius 3 is 3.00 bits per heavy atom. The lowest BCUT2D eigenvalue weighted by molar-refractivity contribution is -0.116. The molecule has 0 saturated carbocycles. The molecule has 1 heterocycles. The Balaban J connectivity index is 1.87. The monoisotopic (exact) mass is 290 g/mol. The number of nitrogens with one attached hydrogen (secondary N) is 1. The second kappa shape index (κ2) is 6.65. The molecule has 21 heavy (non-hydrogen) atoms. The van der Waals surface area contributed by atoms with Gasteiger partial charge in [-0.25, -0.2) is 14.2 Å². The highest BCUT2D eigenvalue weighted by molar-refractivity contribution is 5.91. The number of rotatable bonds is 5. The number of halogens is 1. The number of hydrogen-bond acceptors (Lipinski definition) is 4. The maximum atomic E-state index is 13.4. The van der Waals surface area contributed by atoms with Crippen LogP contribution < -0.4 is 16.7 Å². The summed E-state index contributed by atoms with van der Waals surface area (Å²) in [6.07, 6.45) is 3.62. The molecule has 110 valence electrons. The number of hydrogen-bond donors (Lipinski definition) is 2. The fourth-order valence-corrected chi connectivity index (χ4v) is 1.82. The third kappa shape index (κ3) is 4.13. The number of nitrogen functional groups attached to an aromatic ring is 1. The first-order valence-electron chi connectivity index (χ1n) is 6.42. The minimum absolute atomic E-state index is 0.0542. The van der Waals surface area contributed by atoms with E-state index in [1.807, 2.05) is 0 Å². The first-order valence-corrected chi connectivity index (χ1v) is 6.42. The molecule has 0 atom stereocenters. The van der Waals surface area contributed by atoms with Gasteiger partial charge in [-0.1, -0.05) is 0 Å². The van der Waals surface area contributed by atoms with Crippen LogP contribution in [0.1, 0.15) is 12.8 Å². The van der Waals surface area contributed by atoms with Crippen molar-refractivity contribution in [1.82, 2.24) is 9.55 Å². The lowest BCUT2D eigenvalue weighted by Gasteiger charge is -2.08. The molecule has 0 fully saturated rings. The summed E-state index contributed by atoms with van der Waals surface area (Å²) < 4.78 is 14.9. The molecule has 2 rings (SSSR count). The molecular formula is C14H15FN4O2. The second-order valence-electron chi connectivity index (χ2n) is 4.49. The van der Waals surface area contributed by atoms with Crippen LogP contribution in [0, 0.1) is 5.82 Å². The third-order valence-electron chi connectivity index (χ3n) is 2.85. The third-order valence-corrected chi connectivity index (χ3v) is 2.85. The van der Waals surface area contributed by atoms with E-state index in [2.05, 4.69) is 10.3 Å². The van der Waals surface area contributed by atoms with Crippen LogP contribution in [0.3, 0.4) is 0 Å². The summed E-state index contributed by atoms with van der Waals surface area (Å²) in [5.74, 6) is -0.877. The van der Waals surface area contributed by atoms with Crippen molar-refractivity contribution in [1.29, 1.82) is 0 Å². The van der Waals surface area contributed by atoms with Crippen LogP contribution in [-0.2, 0) is 11.3 Å². The number of benzene rings is 1. The van der Waals surface area contributed by atoms with Gasteiger partial charge in [0.2, 0.25) is 5.91 Å². The maximum Gasteiger partial charge on any atom is 0.347 e. The number of amides is 1. The summed E-state index contributed by atoms with van der Waals surface area (Å²) in [6.45, 7) is 0.375. The van der Waals surface area contributed by atoms with E-state index in [0.717, 1.165) is 0 Å². The van der Waals surface area contributed by atoms with E-state index < -0.39 is 5.82 Å². The number of carbonyl (C=O) groups is 1. The zero-order chi connectivity index (χ0) is 15.2. The highest BCUT2D eigenvalue weighted by Gasteiger charge is 2.07. The molecule has 0 saturated heterocycles. The number of anilines is 2. The van der Waals surface area contributed by atoms with E-state index in [1.54, 1.807) is 12.3 Å². The molecule has 0 bridgehead atoms. The van der Waals surface area contributed by atoms with Gasteiger partial charge in [-0.05, 0) is 30.7 Å². The average Bonchev–Trinajstić information content (AvgIpc) is 2.45. The molecule has 0 aliphatic rings. The van der Waals surface area contributed by atoms with E-state index in [4.69, 9.17) is 5.73 Å². The van der Waals surface area contributed by atoms with Gasteiger partial charge >= 0.3 is 5.69 Å². The van der Waals surface area contributed by atoms with Crippen molar-refractivity contribution in [3.8, 4) is 0 Å². The van der Waals surface area contributed by atoms with E-state index in [-0.39, 0.29) is 23.7 Å². The predicted octanol–water partition coefficient (Wildman–Crippen LogP) is 1.38. The van der Waals surface area contributed by atoms with Crippen molar-refractivity contribution in [2.75, 3.05) is 11.1 Å². The van der Waals surface area contributed by atoms with Gasteiger partial charge in [0, 0.05) is 31.0 Å². The molecule has 3 N–H and O–H groups in total. The van der Waals surface area contributed by atoms with Gasteiger partial charge in [-0.15, -0.1) is 0 Å². The first kappa shape index (κ1) is 14.7. The quantitative estimate of drug-likeness (QED) is 0.814. The van der Waals surface area contributed by atoms with Crippen molar-refractivity contribution in [2.24, 2.45) is 0 Å². The molecule has 0 aliphatic heterocycles. The van der Waals surface area contributed by atoms with Crippen molar-refractivity contribution in [2.45, 2.75) is 19.4 Å². The number of aryl methyl sites for hydroxylation is 1. The Kier molecular flexibility index (Phi) is 4.65. The van der Waals surface area contributed by atoms with Crippen LogP contribution in [0.15, 0.2) is 41.5 Å². The van der Waals surface area contributed by atoms with E-state index >= 15 is 0 Å². The summed E-state index contributed by atoms with van der Waals surface area (Å²) >= 11 is 0. The van der Waals surface area contributed by atoms with Gasteiger partial charge in [0.15, 0.2) is 0 Å². The van der Waals surface area contributed by atoms with Crippen LogP contribution in [0.5, 0.6) is 0 Å². The average molecular weight is 290 g/mol. The molecule has 0 spiro atoms. The van der Waals surface area contributed by atoms with Crippen LogP contribution in [0.25, 0.3) is 0 Å². The zero-order valence-corrected chi connectivity index (χ0v) is 11.3. The minimum Gasteiger partial charge on any atom is -0.399 e. The summed E-state index contributed by atoms with van der Waals surface area (Å²) in [6, 6.07) is 5.61. The lowest BCUT2D eigenvalue weighted by atomic mass is 10.2. The fourth-order valence-electron chi connectivity index (χ4n) is 1.82. The molecule has 0 radical (unpaired) electrons. The van der Waals surface area contributed by atoms with Crippen molar-refractivity contribution in [3.05, 3.63) is 53.0 Å². The van der Waals surface area contributed by atoms with Gasteiger partial charge in [0.1, 0.15) is 5.82 Å². The minimum atomic E-state index is -0.541. The largest absolute Gasteiger partial charge is 0.399 e. The molecule has 1 amide bonds. The van der Waals surface area contributed by atoms with E-state index in [9.17, 15) is 14.0 Å². The van der Waals surface area contributed by atoms with Crippen molar-refractivity contribution < 1.29 is 9.18 Å². The van der Waals surface area contributed by atoms with Crippen molar-refractivity contribution in [3.63, 3.8) is 0 Å². The molecule has 1 aromatic heterocycles. The van der Waals surface area contributed by atoms with Crippen LogP contribution >= 0.6 is 0 Å². The summed E-state index contributed by atoms with van der Waals surface area (Å²) in [5, 5.41) is 2.45. The molecular weight excluding hydrogens is 275 g/mol. The number of nitrogens with two attached hydrogens (primary N) is 1. The van der Waals surface area contributed by atoms with Crippen LogP contribution in [0.2, 0.25) is 0 Å². The molecule has 2 aromatic rings. The first-order chi connectivity index (χ1) is 10.1. The van der Waals surface area contributed by atoms with E-state index in [1.165, 1.54) is 29.0 Å². The Bertz CT molecular complexity index is 699. The summed E-state index contributed by atoms with van der Waals surface area (Å²) in [7, 11) is 0. The SMILES string of the molecule is Nc1ccc(F)c(NC(=O)CCCn2cccnc2=O)c1. The summed E-state index contributed by atoms with van der Waals surface area (Å²) in [4.78, 5) is 26.7. The van der Waals surface area contributed by atoms with E-state index in [0.29, 0.717) is 18.7 Å². The van der Waals surface area contributed by atoms with Gasteiger partial charge in [-0.2, -0.15) is 0 Å². The molecule has 0 aliphatic carbocycles. The number of nitrogens with zero attached hydrogens (tertiary/aromatic N) is 2. The molecule has 1 aromatic carbocycles. The highest BCUT2D eigenvalue weighted by Crippen LogP contribution is 2.17.